The number of amides is 2. The summed E-state index contributed by atoms with van der Waals surface area (Å²) in [4.78, 5) is 30.4. The second-order valence-corrected chi connectivity index (χ2v) is 10.9. The lowest BCUT2D eigenvalue weighted by Crippen LogP contribution is -2.51. The first kappa shape index (κ1) is 24.4. The minimum Gasteiger partial charge on any atom is -0.493 e. The average Bonchev–Trinajstić information content (AvgIpc) is 3.37. The zero-order chi connectivity index (χ0) is 23.1. The molecule has 0 radical (unpaired) electrons. The molecule has 1 aliphatic carbocycles. The lowest BCUT2D eigenvalue weighted by atomic mass is 9.77. The van der Waals surface area contributed by atoms with Gasteiger partial charge in [0.2, 0.25) is 11.8 Å². The summed E-state index contributed by atoms with van der Waals surface area (Å²) in [5, 5.41) is 0.675. The number of nitrogens with zero attached hydrogens (tertiary/aromatic N) is 2. The highest BCUT2D eigenvalue weighted by molar-refractivity contribution is 6.30. The number of hydrogen-bond acceptors (Lipinski definition) is 3. The first-order chi connectivity index (χ1) is 16.0. The number of rotatable bonds is 8. The molecule has 6 heteroatoms. The molecule has 3 aliphatic rings. The van der Waals surface area contributed by atoms with Gasteiger partial charge in [0, 0.05) is 49.5 Å². The molecular weight excluding hydrogens is 436 g/mol. The van der Waals surface area contributed by atoms with Crippen LogP contribution in [0.15, 0.2) is 24.3 Å². The first-order valence-electron chi connectivity index (χ1n) is 13.0. The summed E-state index contributed by atoms with van der Waals surface area (Å²) in [5.41, 5.74) is -0.338. The Morgan fingerprint density at radius 1 is 0.909 bits per heavy atom. The molecule has 2 aliphatic heterocycles. The zero-order valence-electron chi connectivity index (χ0n) is 19.9. The van der Waals surface area contributed by atoms with E-state index in [2.05, 4.69) is 0 Å². The molecule has 1 aromatic carbocycles. The number of carbonyl (C=O) groups is 2. The Kier molecular flexibility index (Phi) is 8.56. The first-order valence-corrected chi connectivity index (χ1v) is 13.3. The van der Waals surface area contributed by atoms with E-state index >= 15 is 0 Å². The van der Waals surface area contributed by atoms with Gasteiger partial charge in [0.1, 0.15) is 5.75 Å². The summed E-state index contributed by atoms with van der Waals surface area (Å²) in [7, 11) is 0. The molecule has 2 heterocycles. The Bertz CT molecular complexity index is 787. The molecule has 2 amide bonds. The quantitative estimate of drug-likeness (QED) is 0.485. The van der Waals surface area contributed by atoms with Crippen molar-refractivity contribution in [3.8, 4) is 5.75 Å². The summed E-state index contributed by atoms with van der Waals surface area (Å²) in [5.74, 6) is 1.95. The summed E-state index contributed by atoms with van der Waals surface area (Å²) in [6, 6.07) is 7.38. The van der Waals surface area contributed by atoms with Crippen molar-refractivity contribution >= 4 is 23.4 Å². The minimum atomic E-state index is -0.338. The smallest absolute Gasteiger partial charge is 0.223 e. The van der Waals surface area contributed by atoms with Crippen molar-refractivity contribution in [3.05, 3.63) is 29.3 Å². The van der Waals surface area contributed by atoms with Crippen molar-refractivity contribution in [1.29, 1.82) is 0 Å². The maximum Gasteiger partial charge on any atom is 0.223 e. The van der Waals surface area contributed by atoms with Gasteiger partial charge in [-0.25, -0.2) is 0 Å². The van der Waals surface area contributed by atoms with Gasteiger partial charge < -0.3 is 14.5 Å². The summed E-state index contributed by atoms with van der Waals surface area (Å²) in [6.45, 7) is 3.57. The zero-order valence-corrected chi connectivity index (χ0v) is 20.7. The van der Waals surface area contributed by atoms with Crippen LogP contribution in [0, 0.1) is 11.3 Å². The fourth-order valence-electron chi connectivity index (χ4n) is 5.86. The highest BCUT2D eigenvalue weighted by atomic mass is 35.5. The molecule has 4 rings (SSSR count). The molecule has 3 fully saturated rings. The van der Waals surface area contributed by atoms with Crippen LogP contribution in [0.2, 0.25) is 5.02 Å². The van der Waals surface area contributed by atoms with Crippen LogP contribution in [-0.2, 0) is 9.59 Å². The van der Waals surface area contributed by atoms with E-state index in [1.54, 1.807) is 0 Å². The Morgan fingerprint density at radius 3 is 2.33 bits per heavy atom. The molecule has 5 nitrogen and oxygen atoms in total. The van der Waals surface area contributed by atoms with Gasteiger partial charge >= 0.3 is 0 Å². The molecule has 0 bridgehead atoms. The molecule has 182 valence electrons. The van der Waals surface area contributed by atoms with Crippen LogP contribution >= 0.6 is 11.6 Å². The van der Waals surface area contributed by atoms with Crippen molar-refractivity contribution in [2.75, 3.05) is 32.8 Å². The Morgan fingerprint density at radius 2 is 1.61 bits per heavy atom. The van der Waals surface area contributed by atoms with Crippen LogP contribution in [0.25, 0.3) is 0 Å². The van der Waals surface area contributed by atoms with Crippen LogP contribution in [0.5, 0.6) is 5.75 Å². The molecule has 1 aromatic rings. The lowest BCUT2D eigenvalue weighted by molar-refractivity contribution is -0.142. The van der Waals surface area contributed by atoms with Crippen LogP contribution in [-0.4, -0.2) is 54.4 Å². The molecule has 33 heavy (non-hydrogen) atoms. The SMILES string of the molecule is O=C(CC1(COc2ccc(Cl)cc2)CCCN(C(=O)CCC2CCCC2)C1)N1CCCCC1. The lowest BCUT2D eigenvalue weighted by Gasteiger charge is -2.43. The highest BCUT2D eigenvalue weighted by Crippen LogP contribution is 2.36. The van der Waals surface area contributed by atoms with Gasteiger partial charge in [-0.15, -0.1) is 0 Å². The topological polar surface area (TPSA) is 49.9 Å². The molecule has 1 saturated carbocycles. The van der Waals surface area contributed by atoms with Crippen LogP contribution < -0.4 is 4.74 Å². The van der Waals surface area contributed by atoms with E-state index in [4.69, 9.17) is 16.3 Å². The van der Waals surface area contributed by atoms with Gasteiger partial charge in [0.25, 0.3) is 0 Å². The molecule has 1 unspecified atom stereocenters. The fraction of sp³-hybridized carbons (Fsp3) is 0.704. The van der Waals surface area contributed by atoms with Gasteiger partial charge in [-0.3, -0.25) is 9.59 Å². The number of benzene rings is 1. The van der Waals surface area contributed by atoms with E-state index in [9.17, 15) is 9.59 Å². The minimum absolute atomic E-state index is 0.217. The second-order valence-electron chi connectivity index (χ2n) is 10.5. The Labute approximate surface area is 203 Å². The highest BCUT2D eigenvalue weighted by Gasteiger charge is 2.41. The second kappa shape index (κ2) is 11.6. The number of hydrogen-bond donors (Lipinski definition) is 0. The predicted molar refractivity (Wildman–Crippen MR) is 131 cm³/mol. The van der Waals surface area contributed by atoms with Crippen LogP contribution in [0.1, 0.15) is 77.0 Å². The molecule has 0 spiro atoms. The maximum absolute atomic E-state index is 13.3. The van der Waals surface area contributed by atoms with E-state index in [0.29, 0.717) is 31.0 Å². The standard InChI is InChI=1S/C27H39ClN2O3/c28-23-10-12-24(13-11-23)33-21-27(19-26(32)29-16-4-1-5-17-29)15-6-18-30(20-27)25(31)14-9-22-7-2-3-8-22/h10-13,22H,1-9,14-21H2. The Hall–Kier alpha value is -1.75. The number of halogens is 1. The maximum atomic E-state index is 13.3. The summed E-state index contributed by atoms with van der Waals surface area (Å²) >= 11 is 6.02. The van der Waals surface area contributed by atoms with Crippen molar-refractivity contribution in [2.24, 2.45) is 11.3 Å². The monoisotopic (exact) mass is 474 g/mol. The van der Waals surface area contributed by atoms with E-state index in [-0.39, 0.29) is 17.2 Å². The summed E-state index contributed by atoms with van der Waals surface area (Å²) < 4.78 is 6.19. The van der Waals surface area contributed by atoms with Crippen molar-refractivity contribution in [2.45, 2.75) is 77.0 Å². The normalized spacial score (nSPS) is 24.2. The third-order valence-corrected chi connectivity index (χ3v) is 8.10. The van der Waals surface area contributed by atoms with Gasteiger partial charge in [-0.1, -0.05) is 37.3 Å². The van der Waals surface area contributed by atoms with Gasteiger partial charge in [-0.2, -0.15) is 0 Å². The van der Waals surface area contributed by atoms with Gasteiger partial charge in [0.15, 0.2) is 0 Å². The largest absolute Gasteiger partial charge is 0.493 e. The van der Waals surface area contributed by atoms with E-state index in [1.165, 1.54) is 32.1 Å². The van der Waals surface area contributed by atoms with Crippen molar-refractivity contribution in [3.63, 3.8) is 0 Å². The molecule has 2 saturated heterocycles. The van der Waals surface area contributed by atoms with E-state index < -0.39 is 0 Å². The third kappa shape index (κ3) is 6.88. The third-order valence-electron chi connectivity index (χ3n) is 7.85. The summed E-state index contributed by atoms with van der Waals surface area (Å²) in [6.07, 6.45) is 12.5. The van der Waals surface area contributed by atoms with Crippen molar-refractivity contribution in [1.82, 2.24) is 9.80 Å². The van der Waals surface area contributed by atoms with Gasteiger partial charge in [-0.05, 0) is 68.7 Å². The molecule has 0 aromatic heterocycles. The molecule has 0 N–H and O–H groups in total. The Balaban J connectivity index is 1.42. The fourth-order valence-corrected chi connectivity index (χ4v) is 5.99. The van der Waals surface area contributed by atoms with Crippen LogP contribution in [0.3, 0.4) is 0 Å². The number of ether oxygens (including phenoxy) is 1. The predicted octanol–water partition coefficient (Wildman–Crippen LogP) is 5.70. The molecule has 1 atom stereocenters. The number of likely N-dealkylation sites (tertiary alicyclic amines) is 2. The van der Waals surface area contributed by atoms with Crippen molar-refractivity contribution < 1.29 is 14.3 Å². The average molecular weight is 475 g/mol. The van der Waals surface area contributed by atoms with E-state index in [1.807, 2.05) is 34.1 Å². The van der Waals surface area contributed by atoms with Gasteiger partial charge in [0.05, 0.1) is 6.61 Å². The van der Waals surface area contributed by atoms with Crippen LogP contribution in [0.4, 0.5) is 0 Å². The molecular formula is C27H39ClN2O3. The van der Waals surface area contributed by atoms with E-state index in [0.717, 1.165) is 63.4 Å². The number of piperidine rings is 2. The number of carbonyl (C=O) groups excluding carboxylic acids is 2.